The molecule has 3 aromatic heterocycles. The summed E-state index contributed by atoms with van der Waals surface area (Å²) >= 11 is 1.74. The standard InChI is InChI=1S/C20H25N5S/c1-13-14(2)23-18(15-6-9-21-10-7-15)25-17(13)22-11-8-16-12-26-19(24-16)20(3,4)5/h6-7,9-10,12H,8,11H2,1-5H3,(H,22,23,25). The second kappa shape index (κ2) is 7.50. The van der Waals surface area contributed by atoms with Gasteiger partial charge >= 0.3 is 0 Å². The molecule has 0 fully saturated rings. The summed E-state index contributed by atoms with van der Waals surface area (Å²) in [6.45, 7) is 11.4. The molecule has 3 aromatic rings. The maximum Gasteiger partial charge on any atom is 0.161 e. The van der Waals surface area contributed by atoms with Gasteiger partial charge in [0.15, 0.2) is 5.82 Å². The second-order valence-corrected chi connectivity index (χ2v) is 8.27. The molecule has 0 atom stereocenters. The Morgan fingerprint density at radius 3 is 2.42 bits per heavy atom. The van der Waals surface area contributed by atoms with Crippen molar-refractivity contribution in [1.29, 1.82) is 0 Å². The molecule has 0 aliphatic rings. The van der Waals surface area contributed by atoms with Gasteiger partial charge in [0.05, 0.1) is 10.7 Å². The summed E-state index contributed by atoms with van der Waals surface area (Å²) < 4.78 is 0. The van der Waals surface area contributed by atoms with E-state index >= 15 is 0 Å². The lowest BCUT2D eigenvalue weighted by molar-refractivity contribution is 0.583. The van der Waals surface area contributed by atoms with Crippen molar-refractivity contribution in [2.45, 2.75) is 46.5 Å². The fourth-order valence-electron chi connectivity index (χ4n) is 2.51. The molecule has 1 N–H and O–H groups in total. The predicted octanol–water partition coefficient (Wildman–Crippen LogP) is 4.56. The average molecular weight is 368 g/mol. The summed E-state index contributed by atoms with van der Waals surface area (Å²) in [5.41, 5.74) is 4.27. The topological polar surface area (TPSA) is 63.6 Å². The molecule has 3 heterocycles. The van der Waals surface area contributed by atoms with E-state index in [0.29, 0.717) is 0 Å². The molecule has 26 heavy (non-hydrogen) atoms. The Morgan fingerprint density at radius 1 is 1.04 bits per heavy atom. The maximum atomic E-state index is 4.76. The number of nitrogens with zero attached hydrogens (tertiary/aromatic N) is 4. The average Bonchev–Trinajstić information content (AvgIpc) is 3.08. The fourth-order valence-corrected chi connectivity index (χ4v) is 3.45. The third-order valence-corrected chi connectivity index (χ3v) is 5.51. The van der Waals surface area contributed by atoms with Gasteiger partial charge in [-0.2, -0.15) is 0 Å². The van der Waals surface area contributed by atoms with Crippen LogP contribution in [0.15, 0.2) is 29.9 Å². The van der Waals surface area contributed by atoms with Crippen molar-refractivity contribution in [1.82, 2.24) is 19.9 Å². The monoisotopic (exact) mass is 367 g/mol. The zero-order valence-corrected chi connectivity index (χ0v) is 16.8. The van der Waals surface area contributed by atoms with Crippen LogP contribution in [0.5, 0.6) is 0 Å². The molecular formula is C20H25N5S. The highest BCUT2D eigenvalue weighted by Crippen LogP contribution is 2.26. The lowest BCUT2D eigenvalue weighted by atomic mass is 9.98. The number of hydrogen-bond acceptors (Lipinski definition) is 6. The van der Waals surface area contributed by atoms with Gasteiger partial charge in [-0.1, -0.05) is 20.8 Å². The van der Waals surface area contributed by atoms with Crippen molar-refractivity contribution in [2.24, 2.45) is 0 Å². The highest BCUT2D eigenvalue weighted by Gasteiger charge is 2.18. The predicted molar refractivity (Wildman–Crippen MR) is 108 cm³/mol. The Bertz CT molecular complexity index is 881. The molecule has 0 aliphatic heterocycles. The third-order valence-electron chi connectivity index (χ3n) is 4.19. The summed E-state index contributed by atoms with van der Waals surface area (Å²) in [6, 6.07) is 3.86. The Labute approximate surface area is 159 Å². The number of pyridine rings is 1. The SMILES string of the molecule is Cc1nc(-c2ccncc2)nc(NCCc2csc(C(C)(C)C)n2)c1C. The van der Waals surface area contributed by atoms with Gasteiger partial charge in [0.2, 0.25) is 0 Å². The first kappa shape index (κ1) is 18.5. The molecule has 0 aromatic carbocycles. The van der Waals surface area contributed by atoms with Crippen molar-refractivity contribution < 1.29 is 0 Å². The Balaban J connectivity index is 1.72. The van der Waals surface area contributed by atoms with Crippen LogP contribution in [-0.2, 0) is 11.8 Å². The normalized spacial score (nSPS) is 11.6. The van der Waals surface area contributed by atoms with Crippen LogP contribution in [-0.4, -0.2) is 26.5 Å². The highest BCUT2D eigenvalue weighted by atomic mass is 32.1. The van der Waals surface area contributed by atoms with Crippen LogP contribution in [0.3, 0.4) is 0 Å². The number of rotatable bonds is 5. The Kier molecular flexibility index (Phi) is 5.32. The molecule has 0 spiro atoms. The number of aromatic nitrogens is 4. The zero-order valence-electron chi connectivity index (χ0n) is 16.0. The summed E-state index contributed by atoms with van der Waals surface area (Å²) in [7, 11) is 0. The Hall–Kier alpha value is -2.34. The molecule has 3 rings (SSSR count). The first-order valence-corrected chi connectivity index (χ1v) is 9.67. The van der Waals surface area contributed by atoms with Gasteiger partial charge in [0.1, 0.15) is 5.82 Å². The minimum atomic E-state index is 0.107. The van der Waals surface area contributed by atoms with E-state index < -0.39 is 0 Å². The van der Waals surface area contributed by atoms with E-state index in [9.17, 15) is 0 Å². The highest BCUT2D eigenvalue weighted by molar-refractivity contribution is 7.09. The minimum absolute atomic E-state index is 0.107. The van der Waals surface area contributed by atoms with E-state index in [1.807, 2.05) is 19.1 Å². The molecule has 0 amide bonds. The summed E-state index contributed by atoms with van der Waals surface area (Å²) in [5.74, 6) is 1.61. The first-order valence-electron chi connectivity index (χ1n) is 8.79. The smallest absolute Gasteiger partial charge is 0.161 e. The van der Waals surface area contributed by atoms with Crippen LogP contribution in [0.25, 0.3) is 11.4 Å². The van der Waals surface area contributed by atoms with Crippen molar-refractivity contribution in [3.63, 3.8) is 0 Å². The molecule has 0 bridgehead atoms. The van der Waals surface area contributed by atoms with E-state index in [1.54, 1.807) is 23.7 Å². The summed E-state index contributed by atoms with van der Waals surface area (Å²) in [4.78, 5) is 18.1. The minimum Gasteiger partial charge on any atom is -0.369 e. The van der Waals surface area contributed by atoms with Crippen LogP contribution < -0.4 is 5.32 Å². The molecule has 0 saturated heterocycles. The second-order valence-electron chi connectivity index (χ2n) is 7.41. The summed E-state index contributed by atoms with van der Waals surface area (Å²) in [5, 5.41) is 6.80. The van der Waals surface area contributed by atoms with Gasteiger partial charge in [-0.3, -0.25) is 4.98 Å². The molecular weight excluding hydrogens is 342 g/mol. The largest absolute Gasteiger partial charge is 0.369 e. The lowest BCUT2D eigenvalue weighted by Gasteiger charge is -2.14. The zero-order chi connectivity index (χ0) is 18.7. The van der Waals surface area contributed by atoms with E-state index in [-0.39, 0.29) is 5.41 Å². The van der Waals surface area contributed by atoms with Crippen LogP contribution in [0, 0.1) is 13.8 Å². The fraction of sp³-hybridized carbons (Fsp3) is 0.400. The van der Waals surface area contributed by atoms with Crippen molar-refractivity contribution >= 4 is 17.2 Å². The van der Waals surface area contributed by atoms with Crippen LogP contribution >= 0.6 is 11.3 Å². The van der Waals surface area contributed by atoms with Crippen LogP contribution in [0.4, 0.5) is 5.82 Å². The molecule has 0 unspecified atom stereocenters. The van der Waals surface area contributed by atoms with Crippen molar-refractivity contribution in [2.75, 3.05) is 11.9 Å². The number of aryl methyl sites for hydroxylation is 1. The van der Waals surface area contributed by atoms with E-state index in [1.165, 1.54) is 5.01 Å². The van der Waals surface area contributed by atoms with Crippen LogP contribution in [0.2, 0.25) is 0 Å². The van der Waals surface area contributed by atoms with Gasteiger partial charge in [-0.05, 0) is 26.0 Å². The van der Waals surface area contributed by atoms with Gasteiger partial charge in [-0.25, -0.2) is 15.0 Å². The van der Waals surface area contributed by atoms with E-state index in [4.69, 9.17) is 9.97 Å². The third kappa shape index (κ3) is 4.25. The molecule has 0 radical (unpaired) electrons. The van der Waals surface area contributed by atoms with Gasteiger partial charge in [0, 0.05) is 53.0 Å². The molecule has 0 aliphatic carbocycles. The molecule has 5 nitrogen and oxygen atoms in total. The van der Waals surface area contributed by atoms with Crippen LogP contribution in [0.1, 0.15) is 42.7 Å². The first-order chi connectivity index (χ1) is 12.3. The van der Waals surface area contributed by atoms with Crippen molar-refractivity contribution in [3.05, 3.63) is 51.9 Å². The number of anilines is 1. The molecule has 6 heteroatoms. The Morgan fingerprint density at radius 2 is 1.77 bits per heavy atom. The van der Waals surface area contributed by atoms with Crippen molar-refractivity contribution in [3.8, 4) is 11.4 Å². The van der Waals surface area contributed by atoms with Gasteiger partial charge < -0.3 is 5.32 Å². The maximum absolute atomic E-state index is 4.76. The molecule has 136 valence electrons. The van der Waals surface area contributed by atoms with E-state index in [0.717, 1.165) is 47.1 Å². The quantitative estimate of drug-likeness (QED) is 0.716. The number of hydrogen-bond donors (Lipinski definition) is 1. The van der Waals surface area contributed by atoms with Gasteiger partial charge in [0.25, 0.3) is 0 Å². The lowest BCUT2D eigenvalue weighted by Crippen LogP contribution is -2.12. The number of nitrogens with one attached hydrogen (secondary N) is 1. The molecule has 0 saturated carbocycles. The van der Waals surface area contributed by atoms with E-state index in [2.05, 4.69) is 48.4 Å². The summed E-state index contributed by atoms with van der Waals surface area (Å²) in [6.07, 6.45) is 4.39. The number of thiazole rings is 1. The van der Waals surface area contributed by atoms with Gasteiger partial charge in [-0.15, -0.1) is 11.3 Å².